The van der Waals surface area contributed by atoms with Gasteiger partial charge in [-0.3, -0.25) is 23.7 Å². The van der Waals surface area contributed by atoms with E-state index in [4.69, 9.17) is 23.7 Å². The lowest BCUT2D eigenvalue weighted by Crippen LogP contribution is -2.63. The van der Waals surface area contributed by atoms with Crippen molar-refractivity contribution in [3.05, 3.63) is 0 Å². The van der Waals surface area contributed by atoms with Crippen LogP contribution in [0.15, 0.2) is 0 Å². The highest BCUT2D eigenvalue weighted by molar-refractivity contribution is 7.86. The fourth-order valence-corrected chi connectivity index (χ4v) is 3.93. The average molecular weight is 514 g/mol. The molecule has 13 nitrogen and oxygen atoms in total. The number of rotatable bonds is 9. The van der Waals surface area contributed by atoms with Gasteiger partial charge in [0.05, 0.1) is 0 Å². The van der Waals surface area contributed by atoms with Crippen molar-refractivity contribution in [1.29, 1.82) is 0 Å². The van der Waals surface area contributed by atoms with Gasteiger partial charge in [0.2, 0.25) is 5.44 Å². The molecule has 1 saturated heterocycles. The van der Waals surface area contributed by atoms with Crippen LogP contribution < -0.4 is 0 Å². The molecule has 1 N–H and O–H groups in total. The Morgan fingerprint density at radius 1 is 0.765 bits per heavy atom. The Kier molecular flexibility index (Phi) is 13.9. The summed E-state index contributed by atoms with van der Waals surface area (Å²) >= 11 is 0. The van der Waals surface area contributed by atoms with Gasteiger partial charge in [0.25, 0.3) is 10.1 Å². The first kappa shape index (κ1) is 31.7. The smallest absolute Gasteiger partial charge is 0.303 e. The summed E-state index contributed by atoms with van der Waals surface area (Å²) in [7, 11) is -4.98. The molecule has 0 unspecified atom stereocenters. The maximum absolute atomic E-state index is 11.7. The average Bonchev–Trinajstić information content (AvgIpc) is 2.69. The van der Waals surface area contributed by atoms with Crippen molar-refractivity contribution in [2.75, 3.05) is 26.2 Å². The monoisotopic (exact) mass is 513 g/mol. The summed E-state index contributed by atoms with van der Waals surface area (Å²) in [6, 6.07) is 0. The molecule has 1 fully saturated rings. The Balaban J connectivity index is 0.00000135. The van der Waals surface area contributed by atoms with Crippen LogP contribution in [0, 0.1) is 0 Å². The fourth-order valence-electron chi connectivity index (χ4n) is 3.10. The highest BCUT2D eigenvalue weighted by atomic mass is 32.2. The van der Waals surface area contributed by atoms with Gasteiger partial charge in [0.1, 0.15) is 12.7 Å². The number of ether oxygens (including phenoxy) is 5. The maximum Gasteiger partial charge on any atom is 0.303 e. The van der Waals surface area contributed by atoms with Crippen molar-refractivity contribution in [3.63, 3.8) is 0 Å². The number of carbonyl (C=O) groups is 4. The Hall–Kier alpha value is -2.29. The Bertz CT molecular complexity index is 790. The van der Waals surface area contributed by atoms with E-state index in [1.165, 1.54) is 19.6 Å². The molecular formula is C20H35NO12S. The molecule has 5 atom stereocenters. The van der Waals surface area contributed by atoms with Crippen LogP contribution in [0.2, 0.25) is 0 Å². The summed E-state index contributed by atoms with van der Waals surface area (Å²) in [6.07, 6.45) is -6.44. The van der Waals surface area contributed by atoms with Gasteiger partial charge in [-0.05, 0) is 19.6 Å². The van der Waals surface area contributed by atoms with E-state index in [2.05, 4.69) is 25.7 Å². The molecule has 0 amide bonds. The lowest BCUT2D eigenvalue weighted by atomic mass is 9.99. The zero-order valence-electron chi connectivity index (χ0n) is 20.5. The molecular weight excluding hydrogens is 478 g/mol. The van der Waals surface area contributed by atoms with Gasteiger partial charge >= 0.3 is 23.9 Å². The van der Waals surface area contributed by atoms with E-state index in [0.29, 0.717) is 0 Å². The van der Waals surface area contributed by atoms with Gasteiger partial charge in [-0.25, -0.2) is 0 Å². The minimum Gasteiger partial charge on any atom is -0.463 e. The van der Waals surface area contributed by atoms with Gasteiger partial charge in [-0.1, -0.05) is 20.8 Å². The third-order valence-electron chi connectivity index (χ3n) is 4.58. The lowest BCUT2D eigenvalue weighted by Gasteiger charge is -2.43. The highest BCUT2D eigenvalue weighted by Crippen LogP contribution is 2.31. The van der Waals surface area contributed by atoms with Gasteiger partial charge < -0.3 is 28.6 Å². The molecule has 0 radical (unpaired) electrons. The van der Waals surface area contributed by atoms with E-state index in [1.54, 1.807) is 0 Å². The molecule has 0 saturated carbocycles. The summed E-state index contributed by atoms with van der Waals surface area (Å²) in [5, 5.41) is 0. The Labute approximate surface area is 199 Å². The molecule has 14 heteroatoms. The largest absolute Gasteiger partial charge is 0.463 e. The van der Waals surface area contributed by atoms with Crippen LogP contribution in [-0.2, 0) is 53.0 Å². The van der Waals surface area contributed by atoms with E-state index in [-0.39, 0.29) is 0 Å². The van der Waals surface area contributed by atoms with Crippen LogP contribution in [0.3, 0.4) is 0 Å². The minimum absolute atomic E-state index is 0.593. The Morgan fingerprint density at radius 3 is 1.50 bits per heavy atom. The number of esters is 4. The van der Waals surface area contributed by atoms with Crippen molar-refractivity contribution in [2.45, 2.75) is 78.3 Å². The van der Waals surface area contributed by atoms with E-state index < -0.39 is 70.5 Å². The molecule has 0 aliphatic carbocycles. The summed E-state index contributed by atoms with van der Waals surface area (Å²) in [5.41, 5.74) is -2.18. The number of hydrogen-bond donors (Lipinski definition) is 1. The van der Waals surface area contributed by atoms with E-state index in [9.17, 15) is 32.1 Å². The minimum atomic E-state index is -4.98. The van der Waals surface area contributed by atoms with Crippen molar-refractivity contribution >= 4 is 34.0 Å². The second-order valence-electron chi connectivity index (χ2n) is 7.20. The molecule has 34 heavy (non-hydrogen) atoms. The summed E-state index contributed by atoms with van der Waals surface area (Å²) in [5.74, 6) is -3.51. The second kappa shape index (κ2) is 14.9. The van der Waals surface area contributed by atoms with Crippen LogP contribution in [0.25, 0.3) is 0 Å². The van der Waals surface area contributed by atoms with Crippen molar-refractivity contribution in [3.8, 4) is 0 Å². The first-order chi connectivity index (χ1) is 15.7. The van der Waals surface area contributed by atoms with E-state index in [0.717, 1.165) is 27.7 Å². The molecule has 1 heterocycles. The second-order valence-corrected chi connectivity index (χ2v) is 8.70. The van der Waals surface area contributed by atoms with Gasteiger partial charge in [-0.2, -0.15) is 8.42 Å². The standard InChI is InChI=1S/C14H20O12S.C6H15N/c1-6(15)22-5-10-11(23-7(2)16)12(24-8(3)17)13(25-9(4)18)14(26-10)27(19,20)21;1-4-7(5-2)6-3/h10-14H,5H2,1-4H3,(H,19,20,21);4-6H2,1-3H3/t10-,11-,12+,13-,14-;/m1./s1. The SMILES string of the molecule is CC(=O)OC[C@H]1O[C@H](S(=O)(=O)O)[C@H](OC(C)=O)[C@@H](OC(C)=O)[C@@H]1OC(C)=O.CCN(CC)CC. The normalized spacial score (nSPS) is 24.3. The topological polar surface area (TPSA) is 172 Å². The molecule has 0 spiro atoms. The molecule has 198 valence electrons. The predicted molar refractivity (Wildman–Crippen MR) is 117 cm³/mol. The first-order valence-corrected chi connectivity index (χ1v) is 12.2. The first-order valence-electron chi connectivity index (χ1n) is 10.7. The molecule has 1 aliphatic heterocycles. The van der Waals surface area contributed by atoms with Crippen molar-refractivity contribution in [2.24, 2.45) is 0 Å². The maximum atomic E-state index is 11.7. The number of carbonyl (C=O) groups excluding carboxylic acids is 4. The molecule has 1 rings (SSSR count). The number of nitrogens with zero attached hydrogens (tertiary/aromatic N) is 1. The zero-order valence-corrected chi connectivity index (χ0v) is 21.3. The van der Waals surface area contributed by atoms with Crippen LogP contribution in [0.4, 0.5) is 0 Å². The highest BCUT2D eigenvalue weighted by Gasteiger charge is 2.56. The summed E-state index contributed by atoms with van der Waals surface area (Å²) < 4.78 is 57.6. The van der Waals surface area contributed by atoms with E-state index in [1.807, 2.05) is 0 Å². The lowest BCUT2D eigenvalue weighted by molar-refractivity contribution is -0.239. The van der Waals surface area contributed by atoms with Crippen LogP contribution in [0.1, 0.15) is 48.5 Å². The molecule has 0 bridgehead atoms. The molecule has 1 aliphatic rings. The summed E-state index contributed by atoms with van der Waals surface area (Å²) in [6.45, 7) is 13.5. The third-order valence-corrected chi connectivity index (χ3v) is 5.55. The van der Waals surface area contributed by atoms with Gasteiger partial charge in [0.15, 0.2) is 18.3 Å². The van der Waals surface area contributed by atoms with Gasteiger partial charge in [-0.15, -0.1) is 0 Å². The molecule has 0 aromatic carbocycles. The molecule has 0 aromatic rings. The van der Waals surface area contributed by atoms with Crippen LogP contribution in [-0.4, -0.2) is 97.8 Å². The van der Waals surface area contributed by atoms with E-state index >= 15 is 0 Å². The number of hydrogen-bond acceptors (Lipinski definition) is 12. The van der Waals surface area contributed by atoms with Crippen molar-refractivity contribution in [1.82, 2.24) is 4.90 Å². The van der Waals surface area contributed by atoms with Crippen LogP contribution >= 0.6 is 0 Å². The predicted octanol–water partition coefficient (Wildman–Crippen LogP) is 0.305. The van der Waals surface area contributed by atoms with Crippen LogP contribution in [0.5, 0.6) is 0 Å². The summed E-state index contributed by atoms with van der Waals surface area (Å²) in [4.78, 5) is 47.7. The zero-order chi connectivity index (χ0) is 26.6. The fraction of sp³-hybridized carbons (Fsp3) is 0.800. The van der Waals surface area contributed by atoms with Crippen molar-refractivity contribution < 1.29 is 55.8 Å². The Morgan fingerprint density at radius 2 is 1.18 bits per heavy atom. The quantitative estimate of drug-likeness (QED) is 0.254. The molecule has 0 aromatic heterocycles. The van der Waals surface area contributed by atoms with Gasteiger partial charge in [0, 0.05) is 27.7 Å². The third kappa shape index (κ3) is 11.2.